The molecule has 0 atom stereocenters. The van der Waals surface area contributed by atoms with Gasteiger partial charge in [-0.15, -0.1) is 0 Å². The predicted octanol–water partition coefficient (Wildman–Crippen LogP) is 4.04. The monoisotopic (exact) mass is 364 g/mol. The Hall–Kier alpha value is -3.15. The Labute approximate surface area is 158 Å². The van der Waals surface area contributed by atoms with Crippen LogP contribution in [-0.2, 0) is 0 Å². The van der Waals surface area contributed by atoms with Gasteiger partial charge in [-0.05, 0) is 48.9 Å². The Kier molecular flexibility index (Phi) is 4.87. The first-order chi connectivity index (χ1) is 13.2. The van der Waals surface area contributed by atoms with Crippen LogP contribution in [-0.4, -0.2) is 36.1 Å². The van der Waals surface area contributed by atoms with E-state index in [4.69, 9.17) is 4.74 Å². The molecule has 0 amide bonds. The van der Waals surface area contributed by atoms with Gasteiger partial charge in [-0.3, -0.25) is 0 Å². The normalized spacial score (nSPS) is 14.3. The molecule has 1 aromatic heterocycles. The quantitative estimate of drug-likeness (QED) is 0.699. The average Bonchev–Trinajstić information content (AvgIpc) is 2.69. The number of anilines is 2. The molecule has 1 aliphatic rings. The Bertz CT molecular complexity index is 908. The first-order valence-electron chi connectivity index (χ1n) is 8.99. The minimum atomic E-state index is -0.209. The SMILES string of the molecule is Cc1cccc(Oc2cc(N3CCN(c4ccc(F)cc4)CC3)ncn2)c1. The fourth-order valence-electron chi connectivity index (χ4n) is 3.20. The number of benzene rings is 2. The molecule has 6 heteroatoms. The van der Waals surface area contributed by atoms with Crippen LogP contribution in [0.3, 0.4) is 0 Å². The van der Waals surface area contributed by atoms with E-state index in [1.54, 1.807) is 0 Å². The third kappa shape index (κ3) is 4.16. The summed E-state index contributed by atoms with van der Waals surface area (Å²) >= 11 is 0. The Balaban J connectivity index is 1.42. The zero-order valence-electron chi connectivity index (χ0n) is 15.2. The molecule has 5 nitrogen and oxygen atoms in total. The molecule has 27 heavy (non-hydrogen) atoms. The molecule has 1 aliphatic heterocycles. The maximum absolute atomic E-state index is 13.1. The van der Waals surface area contributed by atoms with E-state index in [9.17, 15) is 4.39 Å². The highest BCUT2D eigenvalue weighted by atomic mass is 19.1. The number of hydrogen-bond acceptors (Lipinski definition) is 5. The second-order valence-corrected chi connectivity index (χ2v) is 6.58. The lowest BCUT2D eigenvalue weighted by molar-refractivity contribution is 0.460. The zero-order valence-corrected chi connectivity index (χ0v) is 15.2. The largest absolute Gasteiger partial charge is 0.439 e. The number of hydrogen-bond donors (Lipinski definition) is 0. The predicted molar refractivity (Wildman–Crippen MR) is 104 cm³/mol. The van der Waals surface area contributed by atoms with E-state index in [1.807, 2.05) is 49.4 Å². The highest BCUT2D eigenvalue weighted by molar-refractivity contribution is 5.50. The molecule has 4 rings (SSSR count). The van der Waals surface area contributed by atoms with Crippen molar-refractivity contribution in [2.75, 3.05) is 36.0 Å². The lowest BCUT2D eigenvalue weighted by atomic mass is 10.2. The molecule has 0 spiro atoms. The summed E-state index contributed by atoms with van der Waals surface area (Å²) in [6.07, 6.45) is 1.53. The van der Waals surface area contributed by atoms with Gasteiger partial charge < -0.3 is 14.5 Å². The Morgan fingerprint density at radius 1 is 0.889 bits per heavy atom. The van der Waals surface area contributed by atoms with Crippen molar-refractivity contribution in [2.24, 2.45) is 0 Å². The van der Waals surface area contributed by atoms with E-state index in [0.717, 1.165) is 49.0 Å². The molecule has 2 heterocycles. The van der Waals surface area contributed by atoms with Crippen LogP contribution in [0.4, 0.5) is 15.9 Å². The van der Waals surface area contributed by atoms with Crippen LogP contribution in [0.25, 0.3) is 0 Å². The number of rotatable bonds is 4. The van der Waals surface area contributed by atoms with Crippen LogP contribution in [0.1, 0.15) is 5.56 Å². The Morgan fingerprint density at radius 3 is 2.37 bits per heavy atom. The highest BCUT2D eigenvalue weighted by Gasteiger charge is 2.19. The van der Waals surface area contributed by atoms with Crippen molar-refractivity contribution < 1.29 is 9.13 Å². The summed E-state index contributed by atoms with van der Waals surface area (Å²) in [5, 5.41) is 0. The number of ether oxygens (including phenoxy) is 1. The van der Waals surface area contributed by atoms with Crippen molar-refractivity contribution in [3.05, 3.63) is 72.3 Å². The van der Waals surface area contributed by atoms with Crippen molar-refractivity contribution in [2.45, 2.75) is 6.92 Å². The molecule has 0 aliphatic carbocycles. The van der Waals surface area contributed by atoms with Crippen LogP contribution >= 0.6 is 0 Å². The van der Waals surface area contributed by atoms with Gasteiger partial charge in [-0.2, -0.15) is 0 Å². The lowest BCUT2D eigenvalue weighted by Gasteiger charge is -2.36. The number of aromatic nitrogens is 2. The molecular formula is C21H21FN4O. The zero-order chi connectivity index (χ0) is 18.6. The van der Waals surface area contributed by atoms with Crippen molar-refractivity contribution in [3.8, 4) is 11.6 Å². The molecule has 2 aromatic carbocycles. The minimum absolute atomic E-state index is 0.209. The third-order valence-corrected chi connectivity index (χ3v) is 4.63. The van der Waals surface area contributed by atoms with Crippen molar-refractivity contribution >= 4 is 11.5 Å². The van der Waals surface area contributed by atoms with Gasteiger partial charge in [0.2, 0.25) is 5.88 Å². The van der Waals surface area contributed by atoms with Gasteiger partial charge in [-0.25, -0.2) is 14.4 Å². The number of nitrogens with zero attached hydrogens (tertiary/aromatic N) is 4. The molecular weight excluding hydrogens is 343 g/mol. The molecule has 0 unspecified atom stereocenters. The molecule has 0 N–H and O–H groups in total. The van der Waals surface area contributed by atoms with E-state index in [1.165, 1.54) is 18.5 Å². The van der Waals surface area contributed by atoms with E-state index in [2.05, 4.69) is 19.8 Å². The third-order valence-electron chi connectivity index (χ3n) is 4.63. The minimum Gasteiger partial charge on any atom is -0.439 e. The average molecular weight is 364 g/mol. The van der Waals surface area contributed by atoms with Gasteiger partial charge in [0.25, 0.3) is 0 Å². The van der Waals surface area contributed by atoms with Gasteiger partial charge in [0, 0.05) is 37.9 Å². The molecule has 0 bridgehead atoms. The smallest absolute Gasteiger partial charge is 0.224 e. The van der Waals surface area contributed by atoms with Gasteiger partial charge >= 0.3 is 0 Å². The Morgan fingerprint density at radius 2 is 1.63 bits per heavy atom. The number of halogens is 1. The van der Waals surface area contributed by atoms with E-state index < -0.39 is 0 Å². The summed E-state index contributed by atoms with van der Waals surface area (Å²) in [7, 11) is 0. The standard InChI is InChI=1S/C21H21FN4O/c1-16-3-2-4-19(13-16)27-21-14-20(23-15-24-21)26-11-9-25(10-12-26)18-7-5-17(22)6-8-18/h2-8,13-15H,9-12H2,1H3. The molecule has 3 aromatic rings. The molecule has 0 radical (unpaired) electrons. The van der Waals surface area contributed by atoms with Crippen molar-refractivity contribution in [3.63, 3.8) is 0 Å². The first kappa shape index (κ1) is 17.3. The van der Waals surface area contributed by atoms with E-state index in [-0.39, 0.29) is 5.82 Å². The lowest BCUT2D eigenvalue weighted by Crippen LogP contribution is -2.46. The van der Waals surface area contributed by atoms with Crippen molar-refractivity contribution in [1.82, 2.24) is 9.97 Å². The molecule has 1 fully saturated rings. The molecule has 1 saturated heterocycles. The van der Waals surface area contributed by atoms with Gasteiger partial charge in [0.1, 0.15) is 23.7 Å². The molecule has 0 saturated carbocycles. The fraction of sp³-hybridized carbons (Fsp3) is 0.238. The van der Waals surface area contributed by atoms with E-state index >= 15 is 0 Å². The maximum atomic E-state index is 13.1. The summed E-state index contributed by atoms with van der Waals surface area (Å²) < 4.78 is 19.0. The molecule has 138 valence electrons. The fourth-order valence-corrected chi connectivity index (χ4v) is 3.20. The number of piperazine rings is 1. The summed E-state index contributed by atoms with van der Waals surface area (Å²) in [4.78, 5) is 13.1. The summed E-state index contributed by atoms with van der Waals surface area (Å²) in [6.45, 7) is 5.39. The first-order valence-corrected chi connectivity index (χ1v) is 8.99. The summed E-state index contributed by atoms with van der Waals surface area (Å²) in [6, 6.07) is 16.4. The highest BCUT2D eigenvalue weighted by Crippen LogP contribution is 2.24. The van der Waals surface area contributed by atoms with Crippen LogP contribution in [0.5, 0.6) is 11.6 Å². The van der Waals surface area contributed by atoms with Crippen LogP contribution in [0, 0.1) is 12.7 Å². The van der Waals surface area contributed by atoms with Gasteiger partial charge in [0.05, 0.1) is 0 Å². The summed E-state index contributed by atoms with van der Waals surface area (Å²) in [5.41, 5.74) is 2.18. The van der Waals surface area contributed by atoms with Crippen LogP contribution < -0.4 is 14.5 Å². The van der Waals surface area contributed by atoms with E-state index in [0.29, 0.717) is 5.88 Å². The summed E-state index contributed by atoms with van der Waals surface area (Å²) in [5.74, 6) is 1.94. The second-order valence-electron chi connectivity index (χ2n) is 6.58. The van der Waals surface area contributed by atoms with Gasteiger partial charge in [0.15, 0.2) is 0 Å². The topological polar surface area (TPSA) is 41.5 Å². The van der Waals surface area contributed by atoms with Gasteiger partial charge in [-0.1, -0.05) is 12.1 Å². The van der Waals surface area contributed by atoms with Crippen molar-refractivity contribution in [1.29, 1.82) is 0 Å². The second kappa shape index (κ2) is 7.61. The number of aryl methyl sites for hydroxylation is 1. The maximum Gasteiger partial charge on any atom is 0.224 e. The van der Waals surface area contributed by atoms with Crippen LogP contribution in [0.2, 0.25) is 0 Å². The van der Waals surface area contributed by atoms with Crippen LogP contribution in [0.15, 0.2) is 60.9 Å².